The van der Waals surface area contributed by atoms with Gasteiger partial charge in [-0.05, 0) is 56.3 Å². The molecule has 2 aromatic carbocycles. The summed E-state index contributed by atoms with van der Waals surface area (Å²) in [5.41, 5.74) is 2.79. The standard InChI is InChI=1S/C25H19ClN6O3/c1-15-13-14-32(30-15)21-11-12-22(29-28-21)34-18-9-7-17(8-10-18)27-25(33)23-16(2)35-31-24(23)19-5-3-4-6-20(19)26/h3-14H,1-2H3,(H,27,33). The number of carbonyl (C=O) groups is 1. The second kappa shape index (κ2) is 9.40. The third kappa shape index (κ3) is 4.75. The maximum Gasteiger partial charge on any atom is 0.261 e. The Balaban J connectivity index is 1.28. The molecular formula is C25H19ClN6O3. The van der Waals surface area contributed by atoms with Crippen LogP contribution in [0, 0.1) is 13.8 Å². The SMILES string of the molecule is Cc1ccn(-c2ccc(Oc3ccc(NC(=O)c4c(-c5ccccc5Cl)noc4C)cc3)nn2)n1. The fraction of sp³-hybridized carbons (Fsp3) is 0.0800. The van der Waals surface area contributed by atoms with Gasteiger partial charge < -0.3 is 14.6 Å². The van der Waals surface area contributed by atoms with Crippen molar-refractivity contribution in [1.29, 1.82) is 0 Å². The van der Waals surface area contributed by atoms with Crippen molar-refractivity contribution in [2.24, 2.45) is 0 Å². The Kier molecular flexibility index (Phi) is 5.99. The van der Waals surface area contributed by atoms with Crippen LogP contribution in [0.15, 0.2) is 77.4 Å². The Bertz CT molecular complexity index is 1490. The van der Waals surface area contributed by atoms with Crippen molar-refractivity contribution in [3.63, 3.8) is 0 Å². The van der Waals surface area contributed by atoms with Crippen LogP contribution < -0.4 is 10.1 Å². The zero-order chi connectivity index (χ0) is 24.4. The summed E-state index contributed by atoms with van der Waals surface area (Å²) in [6, 6.07) is 19.4. The number of aromatic nitrogens is 5. The first-order chi connectivity index (χ1) is 17.0. The number of aryl methyl sites for hydroxylation is 2. The van der Waals surface area contributed by atoms with Gasteiger partial charge in [-0.2, -0.15) is 5.10 Å². The lowest BCUT2D eigenvalue weighted by Gasteiger charge is -2.08. The van der Waals surface area contributed by atoms with Crippen molar-refractivity contribution in [2.75, 3.05) is 5.32 Å². The molecule has 3 aromatic heterocycles. The van der Waals surface area contributed by atoms with Gasteiger partial charge in [0.1, 0.15) is 22.8 Å². The lowest BCUT2D eigenvalue weighted by molar-refractivity contribution is 0.102. The summed E-state index contributed by atoms with van der Waals surface area (Å²) < 4.78 is 12.7. The second-order valence-corrected chi connectivity index (χ2v) is 8.06. The molecule has 0 unspecified atom stereocenters. The van der Waals surface area contributed by atoms with Crippen LogP contribution >= 0.6 is 11.6 Å². The van der Waals surface area contributed by atoms with Gasteiger partial charge in [-0.25, -0.2) is 4.68 Å². The minimum absolute atomic E-state index is 0.321. The Morgan fingerprint density at radius 2 is 1.80 bits per heavy atom. The van der Waals surface area contributed by atoms with Crippen LogP contribution in [0.25, 0.3) is 17.1 Å². The van der Waals surface area contributed by atoms with Gasteiger partial charge >= 0.3 is 0 Å². The molecule has 0 atom stereocenters. The predicted molar refractivity (Wildman–Crippen MR) is 130 cm³/mol. The first kappa shape index (κ1) is 22.3. The van der Waals surface area contributed by atoms with Gasteiger partial charge in [-0.1, -0.05) is 35.0 Å². The number of ether oxygens (including phenoxy) is 1. The minimum atomic E-state index is -0.359. The molecule has 1 amide bonds. The third-order valence-electron chi connectivity index (χ3n) is 5.14. The number of carbonyl (C=O) groups excluding carboxylic acids is 1. The second-order valence-electron chi connectivity index (χ2n) is 7.65. The first-order valence-electron chi connectivity index (χ1n) is 10.6. The molecule has 35 heavy (non-hydrogen) atoms. The van der Waals surface area contributed by atoms with E-state index in [1.165, 1.54) is 0 Å². The molecule has 0 bridgehead atoms. The van der Waals surface area contributed by atoms with E-state index >= 15 is 0 Å². The Morgan fingerprint density at radius 1 is 1.00 bits per heavy atom. The fourth-order valence-electron chi connectivity index (χ4n) is 3.43. The summed E-state index contributed by atoms with van der Waals surface area (Å²) in [7, 11) is 0. The van der Waals surface area contributed by atoms with Crippen LogP contribution in [0.1, 0.15) is 21.8 Å². The van der Waals surface area contributed by atoms with Gasteiger partial charge in [0, 0.05) is 23.5 Å². The molecule has 0 saturated carbocycles. The molecule has 1 N–H and O–H groups in total. The van der Waals surface area contributed by atoms with Crippen molar-refractivity contribution in [2.45, 2.75) is 13.8 Å². The van der Waals surface area contributed by atoms with Gasteiger partial charge in [-0.3, -0.25) is 4.79 Å². The lowest BCUT2D eigenvalue weighted by Crippen LogP contribution is -2.13. The van der Waals surface area contributed by atoms with Gasteiger partial charge in [0.15, 0.2) is 5.82 Å². The Morgan fingerprint density at radius 3 is 2.49 bits per heavy atom. The van der Waals surface area contributed by atoms with Crippen LogP contribution in [0.4, 0.5) is 5.69 Å². The third-order valence-corrected chi connectivity index (χ3v) is 5.47. The van der Waals surface area contributed by atoms with Gasteiger partial charge in [0.25, 0.3) is 5.91 Å². The van der Waals surface area contributed by atoms with E-state index in [0.717, 1.165) is 5.69 Å². The fourth-order valence-corrected chi connectivity index (χ4v) is 3.65. The number of benzene rings is 2. The number of halogens is 1. The highest BCUT2D eigenvalue weighted by Crippen LogP contribution is 2.31. The molecule has 0 aliphatic rings. The highest BCUT2D eigenvalue weighted by Gasteiger charge is 2.23. The van der Waals surface area contributed by atoms with E-state index in [1.807, 2.05) is 31.3 Å². The van der Waals surface area contributed by atoms with Crippen molar-refractivity contribution >= 4 is 23.2 Å². The Labute approximate surface area is 205 Å². The molecule has 174 valence electrons. The average Bonchev–Trinajstić information content (AvgIpc) is 3.46. The highest BCUT2D eigenvalue weighted by atomic mass is 35.5. The largest absolute Gasteiger partial charge is 0.438 e. The average molecular weight is 487 g/mol. The molecule has 0 spiro atoms. The van der Waals surface area contributed by atoms with Gasteiger partial charge in [0.2, 0.25) is 5.88 Å². The molecule has 0 saturated heterocycles. The summed E-state index contributed by atoms with van der Waals surface area (Å²) in [6.45, 7) is 3.58. The zero-order valence-corrected chi connectivity index (χ0v) is 19.5. The van der Waals surface area contributed by atoms with E-state index in [-0.39, 0.29) is 5.91 Å². The smallest absolute Gasteiger partial charge is 0.261 e. The van der Waals surface area contributed by atoms with Crippen molar-refractivity contribution < 1.29 is 14.1 Å². The number of rotatable bonds is 6. The van der Waals surface area contributed by atoms with Gasteiger partial charge in [-0.15, -0.1) is 10.2 Å². The number of hydrogen-bond acceptors (Lipinski definition) is 7. The van der Waals surface area contributed by atoms with Crippen LogP contribution in [0.2, 0.25) is 5.02 Å². The highest BCUT2D eigenvalue weighted by molar-refractivity contribution is 6.33. The number of nitrogens with zero attached hydrogens (tertiary/aromatic N) is 5. The summed E-state index contributed by atoms with van der Waals surface area (Å²) in [6.07, 6.45) is 1.81. The molecule has 9 nitrogen and oxygen atoms in total. The lowest BCUT2D eigenvalue weighted by atomic mass is 10.1. The van der Waals surface area contributed by atoms with Crippen molar-refractivity contribution in [3.05, 3.63) is 95.0 Å². The molecule has 3 heterocycles. The number of nitrogens with one attached hydrogen (secondary N) is 1. The molecule has 0 radical (unpaired) electrons. The van der Waals surface area contributed by atoms with E-state index in [0.29, 0.717) is 50.7 Å². The summed E-state index contributed by atoms with van der Waals surface area (Å²) in [5, 5.41) is 19.9. The topological polar surface area (TPSA) is 108 Å². The van der Waals surface area contributed by atoms with Gasteiger partial charge in [0.05, 0.1) is 10.7 Å². The molecule has 5 aromatic rings. The Hall–Kier alpha value is -4.50. The van der Waals surface area contributed by atoms with Crippen LogP contribution in [0.5, 0.6) is 11.6 Å². The summed E-state index contributed by atoms with van der Waals surface area (Å²) in [5.74, 6) is 1.49. The first-order valence-corrected chi connectivity index (χ1v) is 11.0. The summed E-state index contributed by atoms with van der Waals surface area (Å²) in [4.78, 5) is 13.0. The van der Waals surface area contributed by atoms with E-state index < -0.39 is 0 Å². The van der Waals surface area contributed by atoms with Crippen LogP contribution in [-0.2, 0) is 0 Å². The number of hydrogen-bond donors (Lipinski definition) is 1. The predicted octanol–water partition coefficient (Wildman–Crippen LogP) is 5.63. The molecule has 0 fully saturated rings. The van der Waals surface area contributed by atoms with E-state index in [2.05, 4.69) is 25.8 Å². The van der Waals surface area contributed by atoms with E-state index in [4.69, 9.17) is 20.9 Å². The van der Waals surface area contributed by atoms with Crippen LogP contribution in [0.3, 0.4) is 0 Å². The van der Waals surface area contributed by atoms with E-state index in [1.54, 1.807) is 60.1 Å². The molecule has 5 rings (SSSR count). The molecular weight excluding hydrogens is 468 g/mol. The quantitative estimate of drug-likeness (QED) is 0.331. The van der Waals surface area contributed by atoms with Crippen molar-refractivity contribution in [1.82, 2.24) is 25.1 Å². The minimum Gasteiger partial charge on any atom is -0.438 e. The zero-order valence-electron chi connectivity index (χ0n) is 18.8. The molecule has 0 aliphatic heterocycles. The monoisotopic (exact) mass is 486 g/mol. The molecule has 0 aliphatic carbocycles. The number of anilines is 1. The summed E-state index contributed by atoms with van der Waals surface area (Å²) >= 11 is 6.29. The normalized spacial score (nSPS) is 10.8. The maximum absolute atomic E-state index is 13.0. The number of amides is 1. The van der Waals surface area contributed by atoms with E-state index in [9.17, 15) is 4.79 Å². The maximum atomic E-state index is 13.0. The molecule has 10 heteroatoms. The van der Waals surface area contributed by atoms with Crippen LogP contribution in [-0.4, -0.2) is 31.0 Å². The van der Waals surface area contributed by atoms with Crippen molar-refractivity contribution in [3.8, 4) is 28.7 Å².